The first-order valence-electron chi connectivity index (χ1n) is 9.29. The molecule has 1 unspecified atom stereocenters. The lowest BCUT2D eigenvalue weighted by Crippen LogP contribution is -2.11. The standard InChI is InChI=1S/C23H30O2/c1-6-8-19-10-11-20(13-18(19)7-2)22(14-23(24)25)21-12-9-15(3)16(4)17(21)5/h9-13,22H,6-8,14H2,1-5H3,(H,24,25). The number of aliphatic carboxylic acids is 1. The minimum absolute atomic E-state index is 0.0993. The lowest BCUT2D eigenvalue weighted by molar-refractivity contribution is -0.137. The molecule has 0 amide bonds. The molecule has 2 rings (SSSR count). The second-order valence-corrected chi connectivity index (χ2v) is 7.00. The first-order valence-corrected chi connectivity index (χ1v) is 9.29. The Balaban J connectivity index is 2.55. The van der Waals surface area contributed by atoms with Gasteiger partial charge in [-0.05, 0) is 72.6 Å². The van der Waals surface area contributed by atoms with Crippen LogP contribution in [0, 0.1) is 20.8 Å². The fraction of sp³-hybridized carbons (Fsp3) is 0.435. The molecule has 1 N–H and O–H groups in total. The summed E-state index contributed by atoms with van der Waals surface area (Å²) in [6, 6.07) is 10.8. The summed E-state index contributed by atoms with van der Waals surface area (Å²) in [4.78, 5) is 11.5. The minimum Gasteiger partial charge on any atom is -0.481 e. The number of hydrogen-bond acceptors (Lipinski definition) is 1. The summed E-state index contributed by atoms with van der Waals surface area (Å²) >= 11 is 0. The third-order valence-corrected chi connectivity index (χ3v) is 5.39. The first-order chi connectivity index (χ1) is 11.9. The van der Waals surface area contributed by atoms with Gasteiger partial charge in [-0.3, -0.25) is 4.79 Å². The van der Waals surface area contributed by atoms with E-state index in [1.165, 1.54) is 27.8 Å². The second kappa shape index (κ2) is 8.33. The summed E-state index contributed by atoms with van der Waals surface area (Å²) in [5.74, 6) is -0.851. The molecule has 0 aliphatic rings. The largest absolute Gasteiger partial charge is 0.481 e. The highest BCUT2D eigenvalue weighted by molar-refractivity contribution is 5.69. The summed E-state index contributed by atoms with van der Waals surface area (Å²) in [6.45, 7) is 10.7. The highest BCUT2D eigenvalue weighted by atomic mass is 16.4. The quantitative estimate of drug-likeness (QED) is 0.699. The van der Waals surface area contributed by atoms with E-state index in [0.29, 0.717) is 0 Å². The number of hydrogen-bond donors (Lipinski definition) is 1. The van der Waals surface area contributed by atoms with Crippen molar-refractivity contribution >= 4 is 5.97 Å². The minimum atomic E-state index is -0.752. The zero-order valence-electron chi connectivity index (χ0n) is 16.1. The zero-order valence-corrected chi connectivity index (χ0v) is 16.1. The molecule has 0 radical (unpaired) electrons. The molecule has 2 aromatic rings. The average molecular weight is 338 g/mol. The van der Waals surface area contributed by atoms with Crippen LogP contribution < -0.4 is 0 Å². The molecule has 0 spiro atoms. The van der Waals surface area contributed by atoms with Gasteiger partial charge < -0.3 is 5.11 Å². The van der Waals surface area contributed by atoms with Gasteiger partial charge in [0.25, 0.3) is 0 Å². The van der Waals surface area contributed by atoms with Gasteiger partial charge in [0.1, 0.15) is 0 Å². The van der Waals surface area contributed by atoms with Crippen molar-refractivity contribution in [1.29, 1.82) is 0 Å². The van der Waals surface area contributed by atoms with E-state index in [1.54, 1.807) is 0 Å². The maximum absolute atomic E-state index is 11.5. The van der Waals surface area contributed by atoms with Crippen molar-refractivity contribution in [2.24, 2.45) is 0 Å². The van der Waals surface area contributed by atoms with Crippen LogP contribution >= 0.6 is 0 Å². The van der Waals surface area contributed by atoms with E-state index in [0.717, 1.165) is 30.4 Å². The third-order valence-electron chi connectivity index (χ3n) is 5.39. The molecule has 2 nitrogen and oxygen atoms in total. The van der Waals surface area contributed by atoms with Gasteiger partial charge in [0.15, 0.2) is 0 Å². The van der Waals surface area contributed by atoms with E-state index in [1.807, 2.05) is 0 Å². The van der Waals surface area contributed by atoms with Crippen LogP contribution in [0.3, 0.4) is 0 Å². The monoisotopic (exact) mass is 338 g/mol. The topological polar surface area (TPSA) is 37.3 Å². The SMILES string of the molecule is CCCc1ccc(C(CC(=O)O)c2ccc(C)c(C)c2C)cc1CC. The summed E-state index contributed by atoms with van der Waals surface area (Å²) in [5.41, 5.74) is 8.70. The van der Waals surface area contributed by atoms with Crippen LogP contribution in [0.4, 0.5) is 0 Å². The van der Waals surface area contributed by atoms with Crippen molar-refractivity contribution in [3.05, 3.63) is 69.3 Å². The molecule has 1 atom stereocenters. The maximum Gasteiger partial charge on any atom is 0.304 e. The van der Waals surface area contributed by atoms with Crippen LogP contribution in [-0.2, 0) is 17.6 Å². The van der Waals surface area contributed by atoms with Crippen molar-refractivity contribution in [1.82, 2.24) is 0 Å². The Hall–Kier alpha value is -2.09. The molecular formula is C23H30O2. The lowest BCUT2D eigenvalue weighted by Gasteiger charge is -2.22. The molecule has 2 heteroatoms. The van der Waals surface area contributed by atoms with Crippen molar-refractivity contribution in [3.8, 4) is 0 Å². The lowest BCUT2D eigenvalue weighted by atomic mass is 9.82. The van der Waals surface area contributed by atoms with Gasteiger partial charge in [0.05, 0.1) is 6.42 Å². The molecular weight excluding hydrogens is 308 g/mol. The van der Waals surface area contributed by atoms with Crippen molar-refractivity contribution in [2.75, 3.05) is 0 Å². The van der Waals surface area contributed by atoms with E-state index in [-0.39, 0.29) is 12.3 Å². The van der Waals surface area contributed by atoms with Gasteiger partial charge in [-0.25, -0.2) is 0 Å². The van der Waals surface area contributed by atoms with Gasteiger partial charge in [0, 0.05) is 5.92 Å². The van der Waals surface area contributed by atoms with Crippen molar-refractivity contribution < 1.29 is 9.90 Å². The summed E-state index contributed by atoms with van der Waals surface area (Å²) in [7, 11) is 0. The van der Waals surface area contributed by atoms with E-state index in [9.17, 15) is 9.90 Å². The Bertz CT molecular complexity index is 759. The normalized spacial score (nSPS) is 12.2. The molecule has 0 bridgehead atoms. The molecule has 134 valence electrons. The highest BCUT2D eigenvalue weighted by Crippen LogP contribution is 2.34. The van der Waals surface area contributed by atoms with Crippen LogP contribution in [-0.4, -0.2) is 11.1 Å². The Labute approximate surface area is 151 Å². The average Bonchev–Trinajstić information content (AvgIpc) is 2.59. The second-order valence-electron chi connectivity index (χ2n) is 7.00. The van der Waals surface area contributed by atoms with Gasteiger partial charge >= 0.3 is 5.97 Å². The number of carboxylic acid groups (broad SMARTS) is 1. The number of aryl methyl sites for hydroxylation is 3. The maximum atomic E-state index is 11.5. The Kier molecular flexibility index (Phi) is 6.41. The molecule has 2 aromatic carbocycles. The summed E-state index contributed by atoms with van der Waals surface area (Å²) in [6.07, 6.45) is 3.31. The van der Waals surface area contributed by atoms with Crippen LogP contribution in [0.2, 0.25) is 0 Å². The van der Waals surface area contributed by atoms with E-state index < -0.39 is 5.97 Å². The van der Waals surface area contributed by atoms with E-state index in [4.69, 9.17) is 0 Å². The van der Waals surface area contributed by atoms with Gasteiger partial charge in [-0.1, -0.05) is 50.6 Å². The zero-order chi connectivity index (χ0) is 18.6. The molecule has 0 saturated carbocycles. The smallest absolute Gasteiger partial charge is 0.304 e. The van der Waals surface area contributed by atoms with Crippen LogP contribution in [0.15, 0.2) is 30.3 Å². The number of rotatable bonds is 7. The van der Waals surface area contributed by atoms with Crippen LogP contribution in [0.25, 0.3) is 0 Å². The predicted octanol–water partition coefficient (Wildman–Crippen LogP) is 5.73. The van der Waals surface area contributed by atoms with Gasteiger partial charge in [-0.15, -0.1) is 0 Å². The van der Waals surface area contributed by atoms with Gasteiger partial charge in [0.2, 0.25) is 0 Å². The molecule has 0 aliphatic carbocycles. The fourth-order valence-corrected chi connectivity index (χ4v) is 3.64. The molecule has 0 fully saturated rings. The van der Waals surface area contributed by atoms with Crippen molar-refractivity contribution in [2.45, 2.75) is 66.2 Å². The van der Waals surface area contributed by atoms with Gasteiger partial charge in [-0.2, -0.15) is 0 Å². The first kappa shape index (κ1) is 19.2. The van der Waals surface area contributed by atoms with Crippen LogP contribution in [0.5, 0.6) is 0 Å². The molecule has 0 aliphatic heterocycles. The number of carbonyl (C=O) groups is 1. The summed E-state index contributed by atoms with van der Waals surface area (Å²) < 4.78 is 0. The highest BCUT2D eigenvalue weighted by Gasteiger charge is 2.21. The number of benzene rings is 2. The molecule has 25 heavy (non-hydrogen) atoms. The number of carboxylic acids is 1. The summed E-state index contributed by atoms with van der Waals surface area (Å²) in [5, 5.41) is 9.49. The predicted molar refractivity (Wildman–Crippen MR) is 105 cm³/mol. The van der Waals surface area contributed by atoms with E-state index >= 15 is 0 Å². The third kappa shape index (κ3) is 4.31. The Morgan fingerprint density at radius 1 is 1.00 bits per heavy atom. The molecule has 0 aromatic heterocycles. The molecule has 0 saturated heterocycles. The molecule has 0 heterocycles. The van der Waals surface area contributed by atoms with Crippen molar-refractivity contribution in [3.63, 3.8) is 0 Å². The fourth-order valence-electron chi connectivity index (χ4n) is 3.64. The Morgan fingerprint density at radius 3 is 2.32 bits per heavy atom. The Morgan fingerprint density at radius 2 is 1.72 bits per heavy atom. The van der Waals surface area contributed by atoms with Crippen LogP contribution in [0.1, 0.15) is 71.6 Å². The van der Waals surface area contributed by atoms with E-state index in [2.05, 4.69) is 65.0 Å².